The van der Waals surface area contributed by atoms with E-state index in [-0.39, 0.29) is 16.3 Å². The molecule has 0 radical (unpaired) electrons. The van der Waals surface area contributed by atoms with Crippen molar-refractivity contribution in [3.8, 4) is 17.7 Å². The minimum atomic E-state index is -4.19. The lowest BCUT2D eigenvalue weighted by Crippen LogP contribution is -2.16. The largest absolute Gasteiger partial charge is 0.480 e. The smallest absolute Gasteiger partial charge is 0.268 e. The van der Waals surface area contributed by atoms with Crippen LogP contribution in [-0.4, -0.2) is 40.7 Å². The van der Waals surface area contributed by atoms with Crippen molar-refractivity contribution in [2.24, 2.45) is 0 Å². The van der Waals surface area contributed by atoms with Gasteiger partial charge >= 0.3 is 0 Å². The molecule has 0 amide bonds. The minimum Gasteiger partial charge on any atom is -0.480 e. The minimum absolute atomic E-state index is 0.0341. The molecule has 4 rings (SSSR count). The Labute approximate surface area is 170 Å². The predicted molar refractivity (Wildman–Crippen MR) is 106 cm³/mol. The van der Waals surface area contributed by atoms with Crippen molar-refractivity contribution in [3.05, 3.63) is 66.0 Å². The number of sulfonamides is 1. The number of methoxy groups -OCH3 is 1. The van der Waals surface area contributed by atoms with Gasteiger partial charge in [0.2, 0.25) is 5.88 Å². The summed E-state index contributed by atoms with van der Waals surface area (Å²) in [5.74, 6) is 3.94. The number of aromatic nitrogens is 5. The predicted octanol–water partition coefficient (Wildman–Crippen LogP) is 2.10. The number of rotatable bonds is 4. The number of ether oxygens (including phenoxy) is 1. The van der Waals surface area contributed by atoms with Crippen molar-refractivity contribution in [1.82, 2.24) is 25.1 Å². The fourth-order valence-corrected chi connectivity index (χ4v) is 3.70. The van der Waals surface area contributed by atoms with Gasteiger partial charge in [-0.15, -0.1) is 0 Å². The first-order chi connectivity index (χ1) is 14.5. The van der Waals surface area contributed by atoms with Crippen molar-refractivity contribution in [1.29, 1.82) is 0 Å². The summed E-state index contributed by atoms with van der Waals surface area (Å²) < 4.78 is 47.2. The second-order valence-electron chi connectivity index (χ2n) is 5.92. The highest BCUT2D eigenvalue weighted by atomic mass is 32.2. The Balaban J connectivity index is 1.65. The van der Waals surface area contributed by atoms with Crippen molar-refractivity contribution >= 4 is 26.9 Å². The highest BCUT2D eigenvalue weighted by Crippen LogP contribution is 2.24. The Morgan fingerprint density at radius 3 is 2.83 bits per heavy atom. The Hall–Kier alpha value is -4.04. The number of anilines is 1. The molecule has 0 unspecified atom stereocenters. The Bertz CT molecular complexity index is 1410. The third kappa shape index (κ3) is 3.76. The molecule has 0 atom stereocenters. The van der Waals surface area contributed by atoms with Gasteiger partial charge in [-0.25, -0.2) is 27.8 Å². The van der Waals surface area contributed by atoms with E-state index in [0.717, 1.165) is 5.39 Å². The Kier molecular flexibility index (Phi) is 4.99. The third-order valence-electron chi connectivity index (χ3n) is 3.97. The topological polar surface area (TPSA) is 123 Å². The molecule has 0 bridgehead atoms. The van der Waals surface area contributed by atoms with Gasteiger partial charge in [0.05, 0.1) is 18.9 Å². The van der Waals surface area contributed by atoms with Crippen molar-refractivity contribution in [2.75, 3.05) is 11.8 Å². The van der Waals surface area contributed by atoms with Crippen LogP contribution < -0.4 is 9.46 Å². The van der Waals surface area contributed by atoms with E-state index in [1.54, 1.807) is 12.3 Å². The lowest BCUT2D eigenvalue weighted by molar-refractivity contribution is 0.385. The van der Waals surface area contributed by atoms with Crippen molar-refractivity contribution in [3.63, 3.8) is 0 Å². The SMILES string of the molecule is COc1ncccc1S(=O)(=O)Nc1nccc(C#Cc2cnc3[nH]ncc3c2)c1F. The van der Waals surface area contributed by atoms with Gasteiger partial charge in [-0.3, -0.25) is 9.82 Å². The second-order valence-corrected chi connectivity index (χ2v) is 7.57. The molecular weight excluding hydrogens is 411 g/mol. The summed E-state index contributed by atoms with van der Waals surface area (Å²) in [6, 6.07) is 5.80. The fourth-order valence-electron chi connectivity index (χ4n) is 2.57. The molecule has 11 heteroatoms. The van der Waals surface area contributed by atoms with E-state index in [2.05, 4.69) is 41.7 Å². The quantitative estimate of drug-likeness (QED) is 0.481. The van der Waals surface area contributed by atoms with Gasteiger partial charge < -0.3 is 4.74 Å². The molecule has 9 nitrogen and oxygen atoms in total. The van der Waals surface area contributed by atoms with E-state index in [0.29, 0.717) is 11.2 Å². The van der Waals surface area contributed by atoms with Crippen LogP contribution in [0.5, 0.6) is 5.88 Å². The lowest BCUT2D eigenvalue weighted by atomic mass is 10.2. The first kappa shape index (κ1) is 19.3. The normalized spacial score (nSPS) is 11.0. The molecule has 0 fully saturated rings. The summed E-state index contributed by atoms with van der Waals surface area (Å²) in [6.45, 7) is 0. The summed E-state index contributed by atoms with van der Waals surface area (Å²) in [5.41, 5.74) is 1.12. The molecule has 4 aromatic heterocycles. The van der Waals surface area contributed by atoms with Crippen molar-refractivity contribution in [2.45, 2.75) is 4.90 Å². The van der Waals surface area contributed by atoms with Crippen LogP contribution in [0.4, 0.5) is 10.2 Å². The Morgan fingerprint density at radius 1 is 1.13 bits per heavy atom. The second kappa shape index (κ2) is 7.76. The average molecular weight is 424 g/mol. The monoisotopic (exact) mass is 424 g/mol. The molecule has 150 valence electrons. The van der Waals surface area contributed by atoms with Crippen LogP contribution in [-0.2, 0) is 10.0 Å². The average Bonchev–Trinajstić information content (AvgIpc) is 3.22. The van der Waals surface area contributed by atoms with E-state index < -0.39 is 21.7 Å². The number of hydrogen-bond acceptors (Lipinski definition) is 7. The number of hydrogen-bond donors (Lipinski definition) is 2. The van der Waals surface area contributed by atoms with E-state index in [1.807, 2.05) is 0 Å². The molecule has 0 aliphatic heterocycles. The van der Waals surface area contributed by atoms with Crippen molar-refractivity contribution < 1.29 is 17.5 Å². The number of nitrogens with one attached hydrogen (secondary N) is 2. The van der Waals surface area contributed by atoms with Crippen LogP contribution in [0.1, 0.15) is 11.1 Å². The molecule has 0 spiro atoms. The number of pyridine rings is 3. The van der Waals surface area contributed by atoms with E-state index in [4.69, 9.17) is 4.74 Å². The Morgan fingerprint density at radius 2 is 2.00 bits per heavy atom. The maximum atomic E-state index is 14.8. The summed E-state index contributed by atoms with van der Waals surface area (Å²) in [5, 5.41) is 7.36. The lowest BCUT2D eigenvalue weighted by Gasteiger charge is -2.10. The summed E-state index contributed by atoms with van der Waals surface area (Å²) in [4.78, 5) is 11.5. The van der Waals surface area contributed by atoms with Gasteiger partial charge in [0, 0.05) is 29.5 Å². The molecule has 0 aromatic carbocycles. The maximum absolute atomic E-state index is 14.8. The highest BCUT2D eigenvalue weighted by Gasteiger charge is 2.23. The number of aromatic amines is 1. The maximum Gasteiger partial charge on any atom is 0.268 e. The van der Waals surface area contributed by atoms with E-state index in [9.17, 15) is 12.8 Å². The number of fused-ring (bicyclic) bond motifs is 1. The van der Waals surface area contributed by atoms with Crippen LogP contribution >= 0.6 is 0 Å². The zero-order valence-electron chi connectivity index (χ0n) is 15.4. The number of nitrogens with zero attached hydrogens (tertiary/aromatic N) is 4. The molecular formula is C19H13FN6O3S. The van der Waals surface area contributed by atoms with Crippen LogP contribution in [0.3, 0.4) is 0 Å². The van der Waals surface area contributed by atoms with Crippen LogP contribution in [0.15, 0.2) is 53.9 Å². The molecule has 0 saturated carbocycles. The summed E-state index contributed by atoms with van der Waals surface area (Å²) in [7, 11) is -2.91. The van der Waals surface area contributed by atoms with Gasteiger partial charge in [0.15, 0.2) is 17.3 Å². The van der Waals surface area contributed by atoms with Gasteiger partial charge in [0.25, 0.3) is 10.0 Å². The van der Waals surface area contributed by atoms with E-state index >= 15 is 0 Å². The molecule has 2 N–H and O–H groups in total. The van der Waals surface area contributed by atoms with Gasteiger partial charge in [-0.1, -0.05) is 11.8 Å². The zero-order valence-corrected chi connectivity index (χ0v) is 16.2. The molecule has 0 aliphatic carbocycles. The molecule has 4 heterocycles. The van der Waals surface area contributed by atoms with E-state index in [1.165, 1.54) is 43.9 Å². The van der Waals surface area contributed by atoms with Crippen LogP contribution in [0.2, 0.25) is 0 Å². The number of H-pyrrole nitrogens is 1. The molecule has 30 heavy (non-hydrogen) atoms. The highest BCUT2D eigenvalue weighted by molar-refractivity contribution is 7.92. The fraction of sp³-hybridized carbons (Fsp3) is 0.0526. The van der Waals surface area contributed by atoms with Crippen LogP contribution in [0, 0.1) is 17.7 Å². The number of halogens is 1. The molecule has 4 aromatic rings. The summed E-state index contributed by atoms with van der Waals surface area (Å²) in [6.07, 6.45) is 5.75. The summed E-state index contributed by atoms with van der Waals surface area (Å²) >= 11 is 0. The van der Waals surface area contributed by atoms with Crippen LogP contribution in [0.25, 0.3) is 11.0 Å². The van der Waals surface area contributed by atoms with Gasteiger partial charge in [0.1, 0.15) is 4.90 Å². The first-order valence-corrected chi connectivity index (χ1v) is 9.94. The van der Waals surface area contributed by atoms with Gasteiger partial charge in [-0.2, -0.15) is 5.10 Å². The first-order valence-electron chi connectivity index (χ1n) is 8.45. The zero-order chi connectivity index (χ0) is 21.1. The molecule has 0 aliphatic rings. The van der Waals surface area contributed by atoms with Gasteiger partial charge in [-0.05, 0) is 24.3 Å². The standard InChI is InChI=1S/C19H13FN6O3S/c1-29-19-15(3-2-7-22-19)30(27,28)26-18-16(20)13(6-8-21-18)5-4-12-9-14-11-24-25-17(14)23-10-12/h2-3,6-11H,1H3,(H,21,26)(H,23,24,25). The third-order valence-corrected chi connectivity index (χ3v) is 5.32. The molecule has 0 saturated heterocycles.